The number of nitrogens with one attached hydrogen (secondary N) is 1. The lowest BCUT2D eigenvalue weighted by Crippen LogP contribution is -2.45. The van der Waals surface area contributed by atoms with Crippen molar-refractivity contribution in [3.63, 3.8) is 0 Å². The summed E-state index contributed by atoms with van der Waals surface area (Å²) in [6.07, 6.45) is -5.86. The lowest BCUT2D eigenvalue weighted by atomic mass is 9.76. The van der Waals surface area contributed by atoms with Crippen molar-refractivity contribution in [2.45, 2.75) is 18.3 Å². The monoisotopic (exact) mass is 376 g/mol. The number of halogens is 5. The highest BCUT2D eigenvalue weighted by atomic mass is 35.5. The van der Waals surface area contributed by atoms with Gasteiger partial charge in [0, 0.05) is 16.0 Å². The van der Waals surface area contributed by atoms with Gasteiger partial charge in [-0.15, -0.1) is 0 Å². The molecule has 0 unspecified atom stereocenters. The van der Waals surface area contributed by atoms with Crippen LogP contribution in [0.25, 0.3) is 0 Å². The minimum absolute atomic E-state index is 0.152. The molecule has 2 aliphatic heterocycles. The Hall–Kier alpha value is -2.11. The van der Waals surface area contributed by atoms with Crippen molar-refractivity contribution >= 4 is 28.9 Å². The Kier molecular flexibility index (Phi) is 4.01. The van der Waals surface area contributed by atoms with E-state index in [1.54, 1.807) is 0 Å². The van der Waals surface area contributed by atoms with Crippen molar-refractivity contribution in [3.8, 4) is 6.07 Å². The van der Waals surface area contributed by atoms with E-state index < -0.39 is 30.0 Å². The minimum Gasteiger partial charge on any atom is -0.453 e. The number of alkyl halides is 3. The van der Waals surface area contributed by atoms with Gasteiger partial charge in [-0.05, 0) is 23.8 Å². The second kappa shape index (κ2) is 5.76. The molecule has 10 heteroatoms. The van der Waals surface area contributed by atoms with Crippen LogP contribution in [0.3, 0.4) is 0 Å². The molecule has 0 aliphatic carbocycles. The molecule has 2 heterocycles. The van der Waals surface area contributed by atoms with Crippen LogP contribution in [0.4, 0.5) is 13.2 Å². The summed E-state index contributed by atoms with van der Waals surface area (Å²) in [6.45, 7) is 0. The highest BCUT2D eigenvalue weighted by molar-refractivity contribution is 6.33. The first-order valence-corrected chi connectivity index (χ1v) is 7.41. The molecular formula is C14H9Cl2F3N4O. The van der Waals surface area contributed by atoms with Crippen LogP contribution in [0, 0.1) is 17.2 Å². The van der Waals surface area contributed by atoms with E-state index in [-0.39, 0.29) is 27.1 Å². The third-order valence-electron chi connectivity index (χ3n) is 3.85. The summed E-state index contributed by atoms with van der Waals surface area (Å²) in [4.78, 5) is 0. The van der Waals surface area contributed by atoms with E-state index >= 15 is 0 Å². The molecule has 5 nitrogen and oxygen atoms in total. The van der Waals surface area contributed by atoms with Crippen molar-refractivity contribution in [2.75, 3.05) is 0 Å². The number of ether oxygens (including phenoxy) is 1. The van der Waals surface area contributed by atoms with Gasteiger partial charge in [0.2, 0.25) is 5.88 Å². The second-order valence-corrected chi connectivity index (χ2v) is 6.07. The number of hydrazone groups is 1. The van der Waals surface area contributed by atoms with Gasteiger partial charge in [0.15, 0.2) is 11.9 Å². The first-order valence-electron chi connectivity index (χ1n) is 6.65. The average molecular weight is 377 g/mol. The van der Waals surface area contributed by atoms with Gasteiger partial charge in [0.25, 0.3) is 0 Å². The molecule has 0 bridgehead atoms. The third-order valence-corrected chi connectivity index (χ3v) is 4.43. The Balaban J connectivity index is 2.21. The summed E-state index contributed by atoms with van der Waals surface area (Å²) in [7, 11) is 0. The maximum absolute atomic E-state index is 13.3. The fraction of sp³-hybridized carbons (Fsp3) is 0.286. The van der Waals surface area contributed by atoms with E-state index in [2.05, 4.69) is 10.5 Å². The zero-order chi connectivity index (χ0) is 17.6. The molecule has 0 saturated carbocycles. The van der Waals surface area contributed by atoms with E-state index in [1.165, 1.54) is 18.2 Å². The largest absolute Gasteiger partial charge is 0.453 e. The number of nitriles is 1. The molecule has 3 N–H and O–H groups in total. The molecule has 0 aromatic heterocycles. The van der Waals surface area contributed by atoms with Crippen molar-refractivity contribution in [1.82, 2.24) is 5.43 Å². The summed E-state index contributed by atoms with van der Waals surface area (Å²) >= 11 is 12.1. The Labute approximate surface area is 144 Å². The van der Waals surface area contributed by atoms with Crippen LogP contribution >= 0.6 is 23.2 Å². The predicted molar refractivity (Wildman–Crippen MR) is 81.0 cm³/mol. The lowest BCUT2D eigenvalue weighted by molar-refractivity contribution is -0.0661. The molecular weight excluding hydrogens is 368 g/mol. The zero-order valence-electron chi connectivity index (χ0n) is 11.7. The van der Waals surface area contributed by atoms with Gasteiger partial charge in [-0.3, -0.25) is 5.43 Å². The molecule has 126 valence electrons. The summed E-state index contributed by atoms with van der Waals surface area (Å²) in [5.74, 6) is -2.68. The summed E-state index contributed by atoms with van der Waals surface area (Å²) < 4.78 is 45.1. The number of allylic oxidation sites excluding steroid dienone is 1. The van der Waals surface area contributed by atoms with Crippen LogP contribution in [0.2, 0.25) is 10.0 Å². The maximum Gasteiger partial charge on any atom is 0.431 e. The molecule has 24 heavy (non-hydrogen) atoms. The minimum atomic E-state index is -4.70. The quantitative estimate of drug-likeness (QED) is 0.787. The smallest absolute Gasteiger partial charge is 0.431 e. The summed E-state index contributed by atoms with van der Waals surface area (Å²) in [5, 5.41) is 13.1. The highest BCUT2D eigenvalue weighted by Gasteiger charge is 2.55. The molecule has 2 aliphatic rings. The van der Waals surface area contributed by atoms with Gasteiger partial charge in [-0.1, -0.05) is 23.2 Å². The van der Waals surface area contributed by atoms with E-state index in [0.29, 0.717) is 0 Å². The van der Waals surface area contributed by atoms with E-state index in [0.717, 1.165) is 0 Å². The average Bonchev–Trinajstić information content (AvgIpc) is 2.91. The second-order valence-electron chi connectivity index (χ2n) is 5.22. The Morgan fingerprint density at radius 2 is 2.04 bits per heavy atom. The van der Waals surface area contributed by atoms with Crippen molar-refractivity contribution in [1.29, 1.82) is 5.26 Å². The Bertz CT molecular complexity index is 800. The van der Waals surface area contributed by atoms with Crippen LogP contribution < -0.4 is 11.2 Å². The van der Waals surface area contributed by atoms with Gasteiger partial charge in [0.1, 0.15) is 6.07 Å². The number of fused-ring (bicyclic) bond motifs is 1. The van der Waals surface area contributed by atoms with Gasteiger partial charge in [-0.2, -0.15) is 23.5 Å². The van der Waals surface area contributed by atoms with Crippen LogP contribution in [0.5, 0.6) is 0 Å². The Morgan fingerprint density at radius 1 is 1.33 bits per heavy atom. The SMILES string of the molecule is N#CC1=C(N)O[C@@H]2NN=C(C(F)(F)F)[C@H]2[C@H]1c1cc(Cl)ccc1Cl. The first kappa shape index (κ1) is 16.7. The molecule has 0 fully saturated rings. The van der Waals surface area contributed by atoms with E-state index in [4.69, 9.17) is 33.7 Å². The van der Waals surface area contributed by atoms with E-state index in [1.807, 2.05) is 6.07 Å². The summed E-state index contributed by atoms with van der Waals surface area (Å²) in [5.41, 5.74) is 6.98. The highest BCUT2D eigenvalue weighted by Crippen LogP contribution is 2.47. The number of hydrogen-bond donors (Lipinski definition) is 2. The van der Waals surface area contributed by atoms with Gasteiger partial charge in [-0.25, -0.2) is 0 Å². The number of benzene rings is 1. The van der Waals surface area contributed by atoms with Crippen LogP contribution in [0.1, 0.15) is 11.5 Å². The standard InChI is InChI=1S/C14H9Cl2F3N4O/c15-5-1-2-8(16)6(3-5)9-7(4-20)12(21)24-13-10(9)11(22-23-13)14(17,18)19/h1-3,9-10,13,23H,21H2/t9-,10+,13-/m0/s1. The lowest BCUT2D eigenvalue weighted by Gasteiger charge is -2.35. The summed E-state index contributed by atoms with van der Waals surface area (Å²) in [6, 6.07) is 6.16. The number of nitrogens with two attached hydrogens (primary N) is 1. The molecule has 0 amide bonds. The number of rotatable bonds is 1. The van der Waals surface area contributed by atoms with Crippen molar-refractivity contribution < 1.29 is 17.9 Å². The van der Waals surface area contributed by atoms with Gasteiger partial charge < -0.3 is 10.5 Å². The third kappa shape index (κ3) is 2.64. The predicted octanol–water partition coefficient (Wildman–Crippen LogP) is 3.26. The topological polar surface area (TPSA) is 83.4 Å². The number of nitrogens with zero attached hydrogens (tertiary/aromatic N) is 2. The van der Waals surface area contributed by atoms with Crippen LogP contribution in [-0.4, -0.2) is 18.1 Å². The fourth-order valence-corrected chi connectivity index (χ4v) is 3.29. The van der Waals surface area contributed by atoms with Gasteiger partial charge in [0.05, 0.1) is 11.5 Å². The molecule has 0 saturated heterocycles. The van der Waals surface area contributed by atoms with E-state index in [9.17, 15) is 18.4 Å². The molecule has 3 atom stereocenters. The Morgan fingerprint density at radius 3 is 2.67 bits per heavy atom. The molecule has 3 rings (SSSR count). The molecule has 0 radical (unpaired) electrons. The molecule has 1 aromatic carbocycles. The molecule has 1 aromatic rings. The van der Waals surface area contributed by atoms with Crippen molar-refractivity contribution in [2.24, 2.45) is 16.8 Å². The maximum atomic E-state index is 13.3. The fourth-order valence-electron chi connectivity index (χ4n) is 2.88. The zero-order valence-corrected chi connectivity index (χ0v) is 13.2. The number of hydrogen-bond acceptors (Lipinski definition) is 5. The normalized spacial score (nSPS) is 26.2. The van der Waals surface area contributed by atoms with Crippen molar-refractivity contribution in [3.05, 3.63) is 45.3 Å². The van der Waals surface area contributed by atoms with Crippen LogP contribution in [0.15, 0.2) is 34.8 Å². The van der Waals surface area contributed by atoms with Crippen LogP contribution in [-0.2, 0) is 4.74 Å². The van der Waals surface area contributed by atoms with Gasteiger partial charge >= 0.3 is 6.18 Å². The molecule has 0 spiro atoms. The first-order chi connectivity index (χ1) is 11.2.